The average Bonchev–Trinajstić information content (AvgIpc) is 2.35. The van der Waals surface area contributed by atoms with Crippen LogP contribution in [0.4, 0.5) is 5.69 Å². The van der Waals surface area contributed by atoms with Gasteiger partial charge in [0.25, 0.3) is 0 Å². The first-order valence-corrected chi connectivity index (χ1v) is 6.78. The summed E-state index contributed by atoms with van der Waals surface area (Å²) in [5, 5.41) is 3.78. The summed E-state index contributed by atoms with van der Waals surface area (Å²) < 4.78 is 0. The first kappa shape index (κ1) is 11.1. The zero-order chi connectivity index (χ0) is 11.8. The highest BCUT2D eigenvalue weighted by Gasteiger charge is 2.33. The maximum absolute atomic E-state index is 3.78. The first-order valence-electron chi connectivity index (χ1n) is 6.78. The van der Waals surface area contributed by atoms with E-state index in [0.29, 0.717) is 6.04 Å². The molecule has 3 aliphatic heterocycles. The van der Waals surface area contributed by atoms with Crippen LogP contribution in [-0.2, 0) is 0 Å². The van der Waals surface area contributed by atoms with Crippen LogP contribution in [0, 0.1) is 19.8 Å². The van der Waals surface area contributed by atoms with Gasteiger partial charge in [-0.2, -0.15) is 0 Å². The zero-order valence-corrected chi connectivity index (χ0v) is 10.9. The van der Waals surface area contributed by atoms with E-state index in [1.54, 1.807) is 0 Å². The summed E-state index contributed by atoms with van der Waals surface area (Å²) in [4.78, 5) is 2.60. The molecule has 2 bridgehead atoms. The maximum atomic E-state index is 3.78. The van der Waals surface area contributed by atoms with Crippen LogP contribution in [0.25, 0.3) is 0 Å². The Hall–Kier alpha value is -1.02. The Morgan fingerprint density at radius 1 is 1.18 bits per heavy atom. The van der Waals surface area contributed by atoms with Gasteiger partial charge in [-0.05, 0) is 62.9 Å². The van der Waals surface area contributed by atoms with Gasteiger partial charge < -0.3 is 10.2 Å². The van der Waals surface area contributed by atoms with Crippen molar-refractivity contribution in [2.45, 2.75) is 32.7 Å². The number of benzene rings is 1. The Balaban J connectivity index is 1.76. The smallest absolute Gasteiger partial charge is 0.0417 e. The molecule has 0 aliphatic carbocycles. The van der Waals surface area contributed by atoms with Crippen LogP contribution in [0.3, 0.4) is 0 Å². The fourth-order valence-electron chi connectivity index (χ4n) is 3.22. The highest BCUT2D eigenvalue weighted by Crippen LogP contribution is 2.30. The Labute approximate surface area is 104 Å². The lowest BCUT2D eigenvalue weighted by molar-refractivity contribution is 0.0975. The molecule has 3 saturated heterocycles. The second kappa shape index (κ2) is 4.34. The van der Waals surface area contributed by atoms with E-state index in [9.17, 15) is 0 Å². The third-order valence-electron chi connectivity index (χ3n) is 4.39. The number of fused-ring (bicyclic) bond motifs is 3. The SMILES string of the molecule is Cc1ccc(C)c(NC2CN3CCC2CC3)c1. The number of hydrogen-bond acceptors (Lipinski definition) is 2. The van der Waals surface area contributed by atoms with Crippen LogP contribution in [-0.4, -0.2) is 30.6 Å². The number of anilines is 1. The third-order valence-corrected chi connectivity index (χ3v) is 4.39. The Kier molecular flexibility index (Phi) is 2.83. The predicted octanol–water partition coefficient (Wildman–Crippen LogP) is 2.81. The molecular weight excluding hydrogens is 208 g/mol. The molecule has 0 saturated carbocycles. The number of rotatable bonds is 2. The van der Waals surface area contributed by atoms with Crippen molar-refractivity contribution < 1.29 is 0 Å². The largest absolute Gasteiger partial charge is 0.381 e. The van der Waals surface area contributed by atoms with Gasteiger partial charge in [0.05, 0.1) is 0 Å². The average molecular weight is 230 g/mol. The molecule has 3 heterocycles. The van der Waals surface area contributed by atoms with E-state index in [1.807, 2.05) is 0 Å². The molecule has 17 heavy (non-hydrogen) atoms. The van der Waals surface area contributed by atoms with E-state index < -0.39 is 0 Å². The summed E-state index contributed by atoms with van der Waals surface area (Å²) in [6.07, 6.45) is 2.76. The molecule has 0 spiro atoms. The Morgan fingerprint density at radius 3 is 2.59 bits per heavy atom. The van der Waals surface area contributed by atoms with Crippen molar-refractivity contribution in [3.8, 4) is 0 Å². The second-order valence-corrected chi connectivity index (χ2v) is 5.71. The van der Waals surface area contributed by atoms with E-state index >= 15 is 0 Å². The lowest BCUT2D eigenvalue weighted by atomic mass is 9.84. The predicted molar refractivity (Wildman–Crippen MR) is 72.5 cm³/mol. The molecule has 0 aromatic heterocycles. The van der Waals surface area contributed by atoms with Gasteiger partial charge in [-0.15, -0.1) is 0 Å². The molecule has 0 amide bonds. The van der Waals surface area contributed by atoms with Gasteiger partial charge >= 0.3 is 0 Å². The van der Waals surface area contributed by atoms with Gasteiger partial charge in [0, 0.05) is 18.3 Å². The van der Waals surface area contributed by atoms with Crippen molar-refractivity contribution in [1.82, 2.24) is 4.90 Å². The Bertz CT molecular complexity index is 405. The number of piperidine rings is 3. The second-order valence-electron chi connectivity index (χ2n) is 5.71. The highest BCUT2D eigenvalue weighted by atomic mass is 15.2. The summed E-state index contributed by atoms with van der Waals surface area (Å²) in [7, 11) is 0. The van der Waals surface area contributed by atoms with Gasteiger partial charge in [0.1, 0.15) is 0 Å². The minimum atomic E-state index is 0.665. The van der Waals surface area contributed by atoms with Gasteiger partial charge in [-0.25, -0.2) is 0 Å². The molecule has 2 heteroatoms. The fourth-order valence-corrected chi connectivity index (χ4v) is 3.22. The lowest BCUT2D eigenvalue weighted by Crippen LogP contribution is -2.53. The standard InChI is InChI=1S/C15H22N2/c1-11-3-4-12(2)14(9-11)16-15-10-17-7-5-13(15)6-8-17/h3-4,9,13,15-16H,5-8,10H2,1-2H3. The van der Waals surface area contributed by atoms with Crippen molar-refractivity contribution in [2.75, 3.05) is 25.0 Å². The summed E-state index contributed by atoms with van der Waals surface area (Å²) in [6, 6.07) is 7.36. The summed E-state index contributed by atoms with van der Waals surface area (Å²) >= 11 is 0. The van der Waals surface area contributed by atoms with Gasteiger partial charge in [-0.1, -0.05) is 12.1 Å². The van der Waals surface area contributed by atoms with E-state index in [4.69, 9.17) is 0 Å². The van der Waals surface area contributed by atoms with Crippen LogP contribution >= 0.6 is 0 Å². The van der Waals surface area contributed by atoms with Gasteiger partial charge in [0.15, 0.2) is 0 Å². The number of aryl methyl sites for hydroxylation is 2. The normalized spacial score (nSPS) is 31.5. The number of nitrogens with one attached hydrogen (secondary N) is 1. The van der Waals surface area contributed by atoms with Crippen LogP contribution in [0.2, 0.25) is 0 Å². The van der Waals surface area contributed by atoms with Gasteiger partial charge in [-0.3, -0.25) is 0 Å². The van der Waals surface area contributed by atoms with Crippen LogP contribution in [0.5, 0.6) is 0 Å². The van der Waals surface area contributed by atoms with Crippen molar-refractivity contribution in [2.24, 2.45) is 5.92 Å². The molecular formula is C15H22N2. The monoisotopic (exact) mass is 230 g/mol. The third kappa shape index (κ3) is 2.19. The number of hydrogen-bond donors (Lipinski definition) is 1. The van der Waals surface area contributed by atoms with Crippen molar-refractivity contribution in [1.29, 1.82) is 0 Å². The lowest BCUT2D eigenvalue weighted by Gasteiger charge is -2.45. The van der Waals surface area contributed by atoms with E-state index in [-0.39, 0.29) is 0 Å². The van der Waals surface area contributed by atoms with E-state index in [2.05, 4.69) is 42.3 Å². The minimum absolute atomic E-state index is 0.665. The molecule has 1 unspecified atom stereocenters. The molecule has 1 aromatic rings. The molecule has 3 aliphatic rings. The minimum Gasteiger partial charge on any atom is -0.381 e. The molecule has 3 fully saturated rings. The molecule has 1 N–H and O–H groups in total. The van der Waals surface area contributed by atoms with Crippen LogP contribution in [0.15, 0.2) is 18.2 Å². The maximum Gasteiger partial charge on any atom is 0.0417 e. The van der Waals surface area contributed by atoms with Crippen LogP contribution < -0.4 is 5.32 Å². The fraction of sp³-hybridized carbons (Fsp3) is 0.600. The molecule has 1 atom stereocenters. The van der Waals surface area contributed by atoms with E-state index in [0.717, 1.165) is 5.92 Å². The number of nitrogens with zero attached hydrogens (tertiary/aromatic N) is 1. The molecule has 4 rings (SSSR count). The molecule has 2 nitrogen and oxygen atoms in total. The molecule has 1 aromatic carbocycles. The van der Waals surface area contributed by atoms with Crippen molar-refractivity contribution in [3.05, 3.63) is 29.3 Å². The van der Waals surface area contributed by atoms with Crippen molar-refractivity contribution in [3.63, 3.8) is 0 Å². The van der Waals surface area contributed by atoms with Gasteiger partial charge in [0.2, 0.25) is 0 Å². The Morgan fingerprint density at radius 2 is 1.94 bits per heavy atom. The molecule has 92 valence electrons. The van der Waals surface area contributed by atoms with Crippen molar-refractivity contribution >= 4 is 5.69 Å². The summed E-state index contributed by atoms with van der Waals surface area (Å²) in [5.74, 6) is 0.889. The first-order chi connectivity index (χ1) is 8.22. The highest BCUT2D eigenvalue weighted by molar-refractivity contribution is 5.53. The zero-order valence-electron chi connectivity index (χ0n) is 10.9. The topological polar surface area (TPSA) is 15.3 Å². The molecule has 0 radical (unpaired) electrons. The van der Waals surface area contributed by atoms with Crippen LogP contribution in [0.1, 0.15) is 24.0 Å². The van der Waals surface area contributed by atoms with E-state index in [1.165, 1.54) is 49.3 Å². The summed E-state index contributed by atoms with van der Waals surface area (Å²) in [5.41, 5.74) is 4.05. The quantitative estimate of drug-likeness (QED) is 0.840. The summed E-state index contributed by atoms with van der Waals surface area (Å²) in [6.45, 7) is 8.23.